The van der Waals surface area contributed by atoms with Crippen LogP contribution in [0.15, 0.2) is 108 Å². The van der Waals surface area contributed by atoms with Gasteiger partial charge < -0.3 is 19.3 Å². The summed E-state index contributed by atoms with van der Waals surface area (Å²) >= 11 is 0. The summed E-state index contributed by atoms with van der Waals surface area (Å²) in [5.41, 5.74) is 12.2. The molecule has 0 radical (unpaired) electrons. The summed E-state index contributed by atoms with van der Waals surface area (Å²) in [5.74, 6) is -2.88. The summed E-state index contributed by atoms with van der Waals surface area (Å²) in [6.07, 6.45) is 12.6. The molecular formula is C49H59F2N4O3+. The van der Waals surface area contributed by atoms with Gasteiger partial charge in [-0.25, -0.2) is 13.6 Å². The van der Waals surface area contributed by atoms with Crippen molar-refractivity contribution in [2.75, 3.05) is 57.4 Å². The number of hydrogen-bond donors (Lipinski definition) is 0. The Kier molecular flexibility index (Phi) is 12.1. The summed E-state index contributed by atoms with van der Waals surface area (Å²) in [6.45, 7) is 20.3. The molecule has 0 bridgehead atoms. The molecule has 0 N–H and O–H groups in total. The smallest absolute Gasteiger partial charge is 0.344 e. The van der Waals surface area contributed by atoms with Gasteiger partial charge >= 0.3 is 5.97 Å². The Balaban J connectivity index is 1.18. The van der Waals surface area contributed by atoms with Gasteiger partial charge in [-0.05, 0) is 100 Å². The second kappa shape index (κ2) is 17.1. The van der Waals surface area contributed by atoms with Gasteiger partial charge in [0, 0.05) is 79.5 Å². The lowest BCUT2D eigenvalue weighted by atomic mass is 9.81. The zero-order valence-corrected chi connectivity index (χ0v) is 35.3. The van der Waals surface area contributed by atoms with E-state index in [1.807, 2.05) is 0 Å². The van der Waals surface area contributed by atoms with Crippen molar-refractivity contribution < 1.29 is 27.6 Å². The second-order valence-electron chi connectivity index (χ2n) is 16.7. The van der Waals surface area contributed by atoms with Crippen LogP contribution in [0, 0.1) is 11.6 Å². The highest BCUT2D eigenvalue weighted by Crippen LogP contribution is 2.48. The lowest BCUT2D eigenvalue weighted by molar-refractivity contribution is -0.433. The molecule has 3 aromatic carbocycles. The van der Waals surface area contributed by atoms with Gasteiger partial charge in [-0.1, -0.05) is 62.4 Å². The number of hydrogen-bond acceptors (Lipinski definition) is 6. The topological polar surface area (TPSA) is 48.3 Å². The number of nitrogens with zero attached hydrogens (tertiary/aromatic N) is 4. The molecule has 4 aliphatic rings. The number of likely N-dealkylation sites (N-methyl/N-ethyl adjacent to an activating group) is 1. The second-order valence-corrected chi connectivity index (χ2v) is 16.7. The van der Waals surface area contributed by atoms with E-state index in [2.05, 4.69) is 134 Å². The van der Waals surface area contributed by atoms with Crippen LogP contribution in [-0.4, -0.2) is 78.5 Å². The summed E-state index contributed by atoms with van der Waals surface area (Å²) in [7, 11) is 0. The molecule has 0 saturated carbocycles. The molecule has 58 heavy (non-hydrogen) atoms. The third-order valence-corrected chi connectivity index (χ3v) is 12.4. The third kappa shape index (κ3) is 7.90. The normalized spacial score (nSPS) is 20.4. The number of benzene rings is 3. The van der Waals surface area contributed by atoms with E-state index in [1.165, 1.54) is 62.9 Å². The first kappa shape index (κ1) is 41.2. The first-order valence-electron chi connectivity index (χ1n) is 21.1. The van der Waals surface area contributed by atoms with Gasteiger partial charge in [-0.3, -0.25) is 4.90 Å². The fourth-order valence-corrected chi connectivity index (χ4v) is 9.53. The predicted molar refractivity (Wildman–Crippen MR) is 229 cm³/mol. The van der Waals surface area contributed by atoms with Crippen LogP contribution in [0.1, 0.15) is 84.4 Å². The minimum absolute atomic E-state index is 0.121. The predicted octanol–water partition coefficient (Wildman–Crippen LogP) is 9.74. The molecule has 3 aromatic rings. The Morgan fingerprint density at radius 2 is 1.53 bits per heavy atom. The zero-order valence-electron chi connectivity index (χ0n) is 35.3. The molecule has 0 unspecified atom stereocenters. The molecular weight excluding hydrogens is 731 g/mol. The number of esters is 1. The minimum atomic E-state index is -0.825. The zero-order chi connectivity index (χ0) is 41.2. The first-order valence-corrected chi connectivity index (χ1v) is 21.1. The first-order chi connectivity index (χ1) is 27.9. The largest absolute Gasteiger partial charge is 0.476 e. The molecule has 0 spiro atoms. The van der Waals surface area contributed by atoms with E-state index >= 15 is 8.78 Å². The maximum atomic E-state index is 15.0. The van der Waals surface area contributed by atoms with Crippen LogP contribution in [0.5, 0.6) is 5.75 Å². The molecule has 0 amide bonds. The summed E-state index contributed by atoms with van der Waals surface area (Å²) in [4.78, 5) is 19.0. The van der Waals surface area contributed by atoms with Gasteiger partial charge in [0.15, 0.2) is 29.7 Å². The SMILES string of the molecule is CCOC(=O)COc1c(F)cc(CN2CCN(C3=C(/C=C/C4=[N+](CC)c5ccccc5C4(C)C)CCC/C3=C\C=C3\N(CC)c4ccccc4C3(C)C)CC2)cc1F. The van der Waals surface area contributed by atoms with E-state index in [1.54, 1.807) is 6.92 Å². The van der Waals surface area contributed by atoms with Gasteiger partial charge in [0.25, 0.3) is 0 Å². The van der Waals surface area contributed by atoms with Crippen molar-refractivity contribution in [3.63, 3.8) is 0 Å². The quantitative estimate of drug-likeness (QED) is 0.135. The molecule has 7 rings (SSSR count). The van der Waals surface area contributed by atoms with E-state index in [0.717, 1.165) is 58.5 Å². The van der Waals surface area contributed by atoms with Gasteiger partial charge in [0.1, 0.15) is 6.54 Å². The van der Waals surface area contributed by atoms with Crippen LogP contribution < -0.4 is 9.64 Å². The summed E-state index contributed by atoms with van der Waals surface area (Å²) < 4.78 is 42.5. The number of halogens is 2. The van der Waals surface area contributed by atoms with Crippen LogP contribution in [0.2, 0.25) is 0 Å². The maximum absolute atomic E-state index is 15.0. The van der Waals surface area contributed by atoms with E-state index in [0.29, 0.717) is 12.1 Å². The lowest BCUT2D eigenvalue weighted by Gasteiger charge is -2.40. The number of allylic oxidation sites excluding steroid dienone is 7. The number of ether oxygens (including phenoxy) is 2. The van der Waals surface area contributed by atoms with Gasteiger partial charge in [-0.2, -0.15) is 4.58 Å². The highest BCUT2D eigenvalue weighted by Gasteiger charge is 2.44. The summed E-state index contributed by atoms with van der Waals surface area (Å²) in [6, 6.07) is 20.2. The molecule has 1 fully saturated rings. The Bertz CT molecular complexity index is 2180. The van der Waals surface area contributed by atoms with Crippen LogP contribution >= 0.6 is 0 Å². The summed E-state index contributed by atoms with van der Waals surface area (Å²) in [5, 5.41) is 0. The third-order valence-electron chi connectivity index (χ3n) is 12.4. The monoisotopic (exact) mass is 789 g/mol. The van der Waals surface area contributed by atoms with Crippen LogP contribution in [0.25, 0.3) is 0 Å². The average Bonchev–Trinajstić information content (AvgIpc) is 3.57. The minimum Gasteiger partial charge on any atom is -0.476 e. The lowest BCUT2D eigenvalue weighted by Crippen LogP contribution is -2.46. The Morgan fingerprint density at radius 1 is 0.845 bits per heavy atom. The van der Waals surface area contributed by atoms with Crippen molar-refractivity contribution in [3.8, 4) is 5.75 Å². The Labute approximate surface area is 343 Å². The van der Waals surface area contributed by atoms with Crippen molar-refractivity contribution in [3.05, 3.63) is 136 Å². The highest BCUT2D eigenvalue weighted by atomic mass is 19.1. The van der Waals surface area contributed by atoms with Crippen molar-refractivity contribution in [1.82, 2.24) is 9.80 Å². The average molecular weight is 790 g/mol. The van der Waals surface area contributed by atoms with Crippen molar-refractivity contribution in [2.24, 2.45) is 0 Å². The number of para-hydroxylation sites is 2. The molecule has 3 heterocycles. The molecule has 306 valence electrons. The van der Waals surface area contributed by atoms with Gasteiger partial charge in [0.05, 0.1) is 12.0 Å². The molecule has 3 aliphatic heterocycles. The Hall–Kier alpha value is -5.02. The van der Waals surface area contributed by atoms with Gasteiger partial charge in [-0.15, -0.1) is 0 Å². The molecule has 1 saturated heterocycles. The van der Waals surface area contributed by atoms with Crippen LogP contribution in [-0.2, 0) is 26.9 Å². The fraction of sp³-hybridized carbons (Fsp3) is 0.429. The number of fused-ring (bicyclic) bond motifs is 2. The highest BCUT2D eigenvalue weighted by molar-refractivity contribution is 6.03. The van der Waals surface area contributed by atoms with E-state index in [-0.39, 0.29) is 17.4 Å². The molecule has 1 aliphatic carbocycles. The van der Waals surface area contributed by atoms with Crippen molar-refractivity contribution in [2.45, 2.75) is 85.1 Å². The van der Waals surface area contributed by atoms with E-state index in [9.17, 15) is 4.79 Å². The number of rotatable bonds is 12. The number of carbonyl (C=O) groups is 1. The van der Waals surface area contributed by atoms with E-state index in [4.69, 9.17) is 9.47 Å². The molecule has 9 heteroatoms. The van der Waals surface area contributed by atoms with Crippen LogP contribution in [0.4, 0.5) is 20.2 Å². The maximum Gasteiger partial charge on any atom is 0.344 e. The fourth-order valence-electron chi connectivity index (χ4n) is 9.53. The Morgan fingerprint density at radius 3 is 2.22 bits per heavy atom. The standard InChI is InChI=1S/C49H59F2N4O3/c1-8-54-41-20-13-11-18-37(41)48(4,5)43(54)24-22-35-16-15-17-36(23-25-44-49(6,7)38-19-12-14-21-42(38)55(44)9-2)46(35)53-28-26-52(27-29-53)32-34-30-39(50)47(40(51)31-34)58-33-45(56)57-10-3/h11-14,18-25,30-31H,8-10,15-17,26-29,32-33H2,1-7H3/q+1. The van der Waals surface area contributed by atoms with Crippen molar-refractivity contribution in [1.29, 1.82) is 0 Å². The number of piperazine rings is 1. The number of anilines is 1. The van der Waals surface area contributed by atoms with Gasteiger partial charge in [0.2, 0.25) is 5.69 Å². The molecule has 0 aromatic heterocycles. The molecule has 0 atom stereocenters. The number of carbonyl (C=O) groups excluding carboxylic acids is 1. The van der Waals surface area contributed by atoms with Crippen LogP contribution in [0.3, 0.4) is 0 Å². The van der Waals surface area contributed by atoms with E-state index < -0.39 is 30.0 Å². The molecule has 7 nitrogen and oxygen atoms in total. The van der Waals surface area contributed by atoms with Crippen molar-refractivity contribution >= 4 is 23.1 Å².